The van der Waals surface area contributed by atoms with Gasteiger partial charge >= 0.3 is 27.5 Å². The van der Waals surface area contributed by atoms with Crippen molar-refractivity contribution in [3.05, 3.63) is 64.7 Å². The second-order valence-electron chi connectivity index (χ2n) is 5.64. The van der Waals surface area contributed by atoms with E-state index in [1.807, 2.05) is 5.43 Å². The summed E-state index contributed by atoms with van der Waals surface area (Å²) < 4.78 is 68.2. The van der Waals surface area contributed by atoms with E-state index in [0.29, 0.717) is 10.6 Å². The number of carbonyl (C=O) groups excluding carboxylic acids is 2. The molecule has 2 aromatic carbocycles. The van der Waals surface area contributed by atoms with E-state index in [2.05, 4.69) is 14.0 Å². The third-order valence-electron chi connectivity index (χ3n) is 3.46. The highest BCUT2D eigenvalue weighted by atomic mass is 35.5. The first-order valence-corrected chi connectivity index (χ1v) is 10.1. The fraction of sp³-hybridized carbons (Fsp3) is 0.167. The number of benzene rings is 2. The van der Waals surface area contributed by atoms with Gasteiger partial charge in [-0.1, -0.05) is 23.7 Å². The predicted octanol–water partition coefficient (Wildman–Crippen LogP) is 3.00. The van der Waals surface area contributed by atoms with E-state index in [4.69, 9.17) is 11.6 Å². The molecular weight excluding hydrogens is 465 g/mol. The average Bonchev–Trinajstić information content (AvgIpc) is 2.69. The average molecular weight is 479 g/mol. The summed E-state index contributed by atoms with van der Waals surface area (Å²) >= 11 is 5.85. The normalized spacial score (nSPS) is 12.2. The topological polar surface area (TPSA) is 111 Å². The Morgan fingerprint density at radius 1 is 1.03 bits per heavy atom. The lowest BCUT2D eigenvalue weighted by atomic mass is 10.0. The van der Waals surface area contributed by atoms with Crippen molar-refractivity contribution in [3.63, 3.8) is 0 Å². The standard InChI is InChI=1S/C18H14ClF3N2O6S/c1-2-29-17(26)16(25)24-23-15(11-3-7-13(19)8-4-11)12-5-9-14(10-6-12)30-31(27,28)18(20,21)22/h3-10H,2H2,1H3,(H,24,25). The molecule has 2 aromatic rings. The highest BCUT2D eigenvalue weighted by Crippen LogP contribution is 2.27. The molecule has 1 N–H and O–H groups in total. The number of amides is 1. The van der Waals surface area contributed by atoms with Gasteiger partial charge in [-0.2, -0.15) is 26.7 Å². The smallest absolute Gasteiger partial charge is 0.459 e. The monoisotopic (exact) mass is 478 g/mol. The molecule has 0 unspecified atom stereocenters. The van der Waals surface area contributed by atoms with Crippen molar-refractivity contribution in [2.45, 2.75) is 12.4 Å². The minimum absolute atomic E-state index is 0.0255. The first-order valence-electron chi connectivity index (χ1n) is 8.36. The molecular formula is C18H14ClF3N2O6S. The van der Waals surface area contributed by atoms with Crippen molar-refractivity contribution in [1.82, 2.24) is 5.43 Å². The van der Waals surface area contributed by atoms with Crippen LogP contribution in [0.5, 0.6) is 5.75 Å². The van der Waals surface area contributed by atoms with Crippen LogP contribution in [0.4, 0.5) is 13.2 Å². The molecule has 0 aliphatic rings. The van der Waals surface area contributed by atoms with Crippen LogP contribution < -0.4 is 9.61 Å². The van der Waals surface area contributed by atoms with Crippen LogP contribution >= 0.6 is 11.6 Å². The number of halogens is 4. The highest BCUT2D eigenvalue weighted by Gasteiger charge is 2.48. The molecule has 0 saturated heterocycles. The third-order valence-corrected chi connectivity index (χ3v) is 4.70. The van der Waals surface area contributed by atoms with Crippen LogP contribution in [-0.2, 0) is 24.4 Å². The summed E-state index contributed by atoms with van der Waals surface area (Å²) in [5.74, 6) is -2.90. The molecule has 2 rings (SSSR count). The van der Waals surface area contributed by atoms with Crippen molar-refractivity contribution in [1.29, 1.82) is 0 Å². The summed E-state index contributed by atoms with van der Waals surface area (Å²) in [6.45, 7) is 1.48. The van der Waals surface area contributed by atoms with Crippen molar-refractivity contribution in [2.24, 2.45) is 5.10 Å². The molecule has 166 valence electrons. The summed E-state index contributed by atoms with van der Waals surface area (Å²) in [7, 11) is -5.83. The van der Waals surface area contributed by atoms with Gasteiger partial charge in [0.15, 0.2) is 0 Å². The second kappa shape index (κ2) is 9.79. The lowest BCUT2D eigenvalue weighted by Crippen LogP contribution is -2.30. The summed E-state index contributed by atoms with van der Waals surface area (Å²) in [6, 6.07) is 10.5. The molecule has 13 heteroatoms. The molecule has 0 aliphatic carbocycles. The first kappa shape index (κ1) is 24.2. The molecule has 0 aromatic heterocycles. The zero-order valence-electron chi connectivity index (χ0n) is 15.6. The number of alkyl halides is 3. The molecule has 1 amide bonds. The van der Waals surface area contributed by atoms with Crippen molar-refractivity contribution < 1.29 is 40.1 Å². The van der Waals surface area contributed by atoms with Gasteiger partial charge in [0.1, 0.15) is 5.75 Å². The van der Waals surface area contributed by atoms with Gasteiger partial charge in [0, 0.05) is 16.1 Å². The maximum absolute atomic E-state index is 12.5. The van der Waals surface area contributed by atoms with Crippen LogP contribution in [-0.4, -0.2) is 38.1 Å². The predicted molar refractivity (Wildman–Crippen MR) is 104 cm³/mol. The van der Waals surface area contributed by atoms with Crippen LogP contribution in [0.15, 0.2) is 53.6 Å². The molecule has 0 heterocycles. The quantitative estimate of drug-likeness (QED) is 0.171. The van der Waals surface area contributed by atoms with Gasteiger partial charge in [-0.3, -0.25) is 4.79 Å². The number of esters is 1. The lowest BCUT2D eigenvalue weighted by molar-refractivity contribution is -0.154. The van der Waals surface area contributed by atoms with Crippen molar-refractivity contribution in [3.8, 4) is 5.75 Å². The Kier molecular flexibility index (Phi) is 7.63. The molecule has 0 fully saturated rings. The third kappa shape index (κ3) is 6.43. The van der Waals surface area contributed by atoms with Gasteiger partial charge in [-0.05, 0) is 43.3 Å². The zero-order chi connectivity index (χ0) is 23.2. The Hall–Kier alpha value is -3.12. The second-order valence-corrected chi connectivity index (χ2v) is 7.61. The summed E-state index contributed by atoms with van der Waals surface area (Å²) in [4.78, 5) is 23.2. The molecule has 0 spiro atoms. The molecule has 0 aliphatic heterocycles. The number of rotatable bonds is 6. The van der Waals surface area contributed by atoms with Gasteiger partial charge in [-0.25, -0.2) is 10.2 Å². The highest BCUT2D eigenvalue weighted by molar-refractivity contribution is 7.88. The van der Waals surface area contributed by atoms with E-state index < -0.39 is 33.3 Å². The molecule has 8 nitrogen and oxygen atoms in total. The molecule has 31 heavy (non-hydrogen) atoms. The maximum Gasteiger partial charge on any atom is 0.534 e. The minimum atomic E-state index is -5.83. The van der Waals surface area contributed by atoms with E-state index in [1.54, 1.807) is 0 Å². The van der Waals surface area contributed by atoms with E-state index in [1.165, 1.54) is 43.3 Å². The van der Waals surface area contributed by atoms with Crippen LogP contribution in [0.2, 0.25) is 5.02 Å². The number of nitrogens with one attached hydrogen (secondary N) is 1. The van der Waals surface area contributed by atoms with E-state index in [-0.39, 0.29) is 17.9 Å². The fourth-order valence-electron chi connectivity index (χ4n) is 2.09. The van der Waals surface area contributed by atoms with Crippen molar-refractivity contribution in [2.75, 3.05) is 6.61 Å². The molecule has 0 atom stereocenters. The molecule has 0 radical (unpaired) electrons. The van der Waals surface area contributed by atoms with Gasteiger partial charge in [0.05, 0.1) is 12.3 Å². The molecule has 0 bridgehead atoms. The Balaban J connectivity index is 2.36. The van der Waals surface area contributed by atoms with Gasteiger partial charge < -0.3 is 8.92 Å². The van der Waals surface area contributed by atoms with E-state index in [9.17, 15) is 31.2 Å². The zero-order valence-corrected chi connectivity index (χ0v) is 17.2. The van der Waals surface area contributed by atoms with Gasteiger partial charge in [0.2, 0.25) is 0 Å². The van der Waals surface area contributed by atoms with Crippen LogP contribution in [0.1, 0.15) is 18.1 Å². The largest absolute Gasteiger partial charge is 0.534 e. The summed E-state index contributed by atoms with van der Waals surface area (Å²) in [5, 5.41) is 4.28. The van der Waals surface area contributed by atoms with Gasteiger partial charge in [-0.15, -0.1) is 0 Å². The Morgan fingerprint density at radius 2 is 1.55 bits per heavy atom. The Bertz CT molecular complexity index is 1080. The van der Waals surface area contributed by atoms with Gasteiger partial charge in [0.25, 0.3) is 0 Å². The fourth-order valence-corrected chi connectivity index (χ4v) is 2.68. The van der Waals surface area contributed by atoms with Crippen molar-refractivity contribution >= 4 is 39.3 Å². The van der Waals surface area contributed by atoms with Crippen LogP contribution in [0.25, 0.3) is 0 Å². The van der Waals surface area contributed by atoms with Crippen LogP contribution in [0, 0.1) is 0 Å². The van der Waals surface area contributed by atoms with E-state index >= 15 is 0 Å². The number of nitrogens with zero attached hydrogens (tertiary/aromatic N) is 1. The SMILES string of the molecule is CCOC(=O)C(=O)NN=C(c1ccc(Cl)cc1)c1ccc(OS(=O)(=O)C(F)(F)F)cc1. The number of ether oxygens (including phenoxy) is 1. The number of carbonyl (C=O) groups is 2. The number of hydrazone groups is 1. The van der Waals surface area contributed by atoms with E-state index in [0.717, 1.165) is 12.1 Å². The summed E-state index contributed by atoms with van der Waals surface area (Å²) in [5.41, 5.74) is -2.80. The minimum Gasteiger partial charge on any atom is -0.459 e. The maximum atomic E-state index is 12.5. The summed E-state index contributed by atoms with van der Waals surface area (Å²) in [6.07, 6.45) is 0. The lowest BCUT2D eigenvalue weighted by Gasteiger charge is -2.11. The Labute approximate surface area is 179 Å². The van der Waals surface area contributed by atoms with Crippen LogP contribution in [0.3, 0.4) is 0 Å². The Morgan fingerprint density at radius 3 is 2.03 bits per heavy atom. The first-order chi connectivity index (χ1) is 14.4. The number of hydrogen-bond donors (Lipinski definition) is 1. The number of hydrogen-bond acceptors (Lipinski definition) is 7. The molecule has 0 saturated carbocycles.